The number of hydrogen-bond acceptors (Lipinski definition) is 3. The van der Waals surface area contributed by atoms with Crippen LogP contribution in [0, 0.1) is 0 Å². The van der Waals surface area contributed by atoms with Gasteiger partial charge in [0.1, 0.15) is 13.1 Å². The van der Waals surface area contributed by atoms with E-state index in [0.29, 0.717) is 35.9 Å². The van der Waals surface area contributed by atoms with Crippen LogP contribution < -0.4 is 0 Å². The smallest absolute Gasteiger partial charge is 0.312 e. The summed E-state index contributed by atoms with van der Waals surface area (Å²) in [5, 5.41) is 0.670. The highest BCUT2D eigenvalue weighted by molar-refractivity contribution is 6.30. The first kappa shape index (κ1) is 19.0. The fourth-order valence-corrected chi connectivity index (χ4v) is 3.68. The molecular formula is C17H19ClF3N3O2. The second-order valence-electron chi connectivity index (χ2n) is 6.64. The molecule has 142 valence electrons. The third-order valence-electron chi connectivity index (χ3n) is 4.71. The van der Waals surface area contributed by atoms with Gasteiger partial charge in [-0.1, -0.05) is 23.7 Å². The van der Waals surface area contributed by atoms with Crippen molar-refractivity contribution in [3.63, 3.8) is 0 Å². The molecule has 0 unspecified atom stereocenters. The van der Waals surface area contributed by atoms with Crippen LogP contribution in [0.3, 0.4) is 0 Å². The van der Waals surface area contributed by atoms with Gasteiger partial charge in [-0.05, 0) is 30.5 Å². The monoisotopic (exact) mass is 389 g/mol. The number of imide groups is 1. The minimum atomic E-state index is -4.58. The van der Waals surface area contributed by atoms with Gasteiger partial charge < -0.3 is 4.90 Å². The van der Waals surface area contributed by atoms with Crippen molar-refractivity contribution in [2.24, 2.45) is 0 Å². The topological polar surface area (TPSA) is 43.9 Å². The normalized spacial score (nSPS) is 20.3. The van der Waals surface area contributed by atoms with E-state index in [1.807, 2.05) is 18.2 Å². The van der Waals surface area contributed by atoms with Gasteiger partial charge in [-0.15, -0.1) is 0 Å². The van der Waals surface area contributed by atoms with Crippen LogP contribution in [0.15, 0.2) is 24.3 Å². The lowest BCUT2D eigenvalue weighted by Crippen LogP contribution is -2.47. The van der Waals surface area contributed by atoms with E-state index in [1.54, 1.807) is 6.07 Å². The maximum absolute atomic E-state index is 12.5. The lowest BCUT2D eigenvalue weighted by Gasteiger charge is -2.36. The molecule has 0 bridgehead atoms. The van der Waals surface area contributed by atoms with Gasteiger partial charge in [-0.25, -0.2) is 4.79 Å². The molecule has 0 aromatic heterocycles. The van der Waals surface area contributed by atoms with Gasteiger partial charge in [0, 0.05) is 30.7 Å². The van der Waals surface area contributed by atoms with Crippen molar-refractivity contribution in [2.75, 3.05) is 26.2 Å². The number of alkyl halides is 3. The van der Waals surface area contributed by atoms with Crippen molar-refractivity contribution in [3.05, 3.63) is 34.9 Å². The summed E-state index contributed by atoms with van der Waals surface area (Å²) in [6, 6.07) is 6.52. The average molecular weight is 390 g/mol. The number of halogens is 4. The molecule has 0 N–H and O–H groups in total. The van der Waals surface area contributed by atoms with Gasteiger partial charge in [-0.3, -0.25) is 14.6 Å². The SMILES string of the molecule is O=C1CN(C2CCN(Cc3cccc(Cl)c3)CC2)C(=O)N1CC(F)(F)F. The molecule has 5 nitrogen and oxygen atoms in total. The van der Waals surface area contributed by atoms with Gasteiger partial charge in [-0.2, -0.15) is 13.2 Å². The van der Waals surface area contributed by atoms with Crippen LogP contribution in [0.2, 0.25) is 5.02 Å². The van der Waals surface area contributed by atoms with E-state index in [1.165, 1.54) is 4.90 Å². The van der Waals surface area contributed by atoms with E-state index in [4.69, 9.17) is 11.6 Å². The highest BCUT2D eigenvalue weighted by Crippen LogP contribution is 2.26. The zero-order valence-corrected chi connectivity index (χ0v) is 14.8. The zero-order chi connectivity index (χ0) is 18.9. The Morgan fingerprint density at radius 1 is 1.15 bits per heavy atom. The molecule has 3 amide bonds. The lowest BCUT2D eigenvalue weighted by atomic mass is 10.0. The van der Waals surface area contributed by atoms with E-state index in [2.05, 4.69) is 4.90 Å². The van der Waals surface area contributed by atoms with E-state index >= 15 is 0 Å². The molecule has 2 heterocycles. The van der Waals surface area contributed by atoms with Crippen molar-refractivity contribution >= 4 is 23.5 Å². The molecule has 0 spiro atoms. The molecule has 9 heteroatoms. The van der Waals surface area contributed by atoms with Crippen molar-refractivity contribution < 1.29 is 22.8 Å². The van der Waals surface area contributed by atoms with Crippen LogP contribution in [-0.2, 0) is 11.3 Å². The first-order valence-corrected chi connectivity index (χ1v) is 8.75. The summed E-state index contributed by atoms with van der Waals surface area (Å²) in [5.74, 6) is -0.784. The molecular weight excluding hydrogens is 371 g/mol. The van der Waals surface area contributed by atoms with Crippen LogP contribution in [0.25, 0.3) is 0 Å². The molecule has 1 aromatic rings. The summed E-state index contributed by atoms with van der Waals surface area (Å²) in [6.07, 6.45) is -3.33. The Bertz CT molecular complexity index is 690. The Hall–Kier alpha value is -1.80. The molecule has 3 rings (SSSR count). The van der Waals surface area contributed by atoms with Crippen LogP contribution in [0.5, 0.6) is 0 Å². The summed E-state index contributed by atoms with van der Waals surface area (Å²) < 4.78 is 37.6. The van der Waals surface area contributed by atoms with Crippen LogP contribution in [-0.4, -0.2) is 65.0 Å². The molecule has 2 aliphatic rings. The van der Waals surface area contributed by atoms with Crippen molar-refractivity contribution in [1.82, 2.24) is 14.7 Å². The van der Waals surface area contributed by atoms with Crippen LogP contribution in [0.1, 0.15) is 18.4 Å². The molecule has 1 aromatic carbocycles. The first-order chi connectivity index (χ1) is 12.2. The van der Waals surface area contributed by atoms with E-state index in [-0.39, 0.29) is 12.6 Å². The number of amides is 3. The standard InChI is InChI=1S/C17H19ClF3N3O2/c18-13-3-1-2-12(8-13)9-22-6-4-14(5-7-22)23-10-15(25)24(16(23)26)11-17(19,20)21/h1-3,8,14H,4-7,9-11H2. The third kappa shape index (κ3) is 4.48. The predicted molar refractivity (Wildman–Crippen MR) is 89.6 cm³/mol. The van der Waals surface area contributed by atoms with Gasteiger partial charge in [0.15, 0.2) is 0 Å². The number of likely N-dealkylation sites (tertiary alicyclic amines) is 1. The number of carbonyl (C=O) groups excluding carboxylic acids is 2. The lowest BCUT2D eigenvalue weighted by molar-refractivity contribution is -0.151. The summed E-state index contributed by atoms with van der Waals surface area (Å²) in [7, 11) is 0. The van der Waals surface area contributed by atoms with Gasteiger partial charge >= 0.3 is 12.2 Å². The minimum absolute atomic E-state index is 0.208. The molecule has 0 saturated carbocycles. The number of rotatable bonds is 4. The van der Waals surface area contributed by atoms with Crippen molar-refractivity contribution in [2.45, 2.75) is 31.6 Å². The largest absolute Gasteiger partial charge is 0.406 e. The third-order valence-corrected chi connectivity index (χ3v) is 4.95. The fourth-order valence-electron chi connectivity index (χ4n) is 3.46. The molecule has 0 atom stereocenters. The summed E-state index contributed by atoms with van der Waals surface area (Å²) in [4.78, 5) is 27.8. The van der Waals surface area contributed by atoms with Crippen LogP contribution >= 0.6 is 11.6 Å². The van der Waals surface area contributed by atoms with E-state index < -0.39 is 24.7 Å². The van der Waals surface area contributed by atoms with E-state index in [9.17, 15) is 22.8 Å². The Morgan fingerprint density at radius 3 is 2.46 bits per heavy atom. The highest BCUT2D eigenvalue weighted by atomic mass is 35.5. The summed E-state index contributed by atoms with van der Waals surface area (Å²) >= 11 is 5.98. The zero-order valence-electron chi connectivity index (χ0n) is 14.0. The maximum Gasteiger partial charge on any atom is 0.406 e. The number of urea groups is 1. The van der Waals surface area contributed by atoms with Crippen molar-refractivity contribution in [3.8, 4) is 0 Å². The second kappa shape index (κ2) is 7.44. The summed E-state index contributed by atoms with van der Waals surface area (Å²) in [6.45, 7) is 0.339. The number of carbonyl (C=O) groups is 2. The average Bonchev–Trinajstić information content (AvgIpc) is 2.82. The van der Waals surface area contributed by atoms with Gasteiger partial charge in [0.25, 0.3) is 5.91 Å². The number of hydrogen-bond donors (Lipinski definition) is 0. The van der Waals surface area contributed by atoms with Gasteiger partial charge in [0.2, 0.25) is 0 Å². The fraction of sp³-hybridized carbons (Fsp3) is 0.529. The number of benzene rings is 1. The quantitative estimate of drug-likeness (QED) is 0.743. The maximum atomic E-state index is 12.5. The highest BCUT2D eigenvalue weighted by Gasteiger charge is 2.45. The predicted octanol–water partition coefficient (Wildman–Crippen LogP) is 3.13. The Balaban J connectivity index is 1.55. The number of piperidine rings is 1. The van der Waals surface area contributed by atoms with E-state index in [0.717, 1.165) is 12.1 Å². The molecule has 2 aliphatic heterocycles. The molecule has 26 heavy (non-hydrogen) atoms. The minimum Gasteiger partial charge on any atom is -0.312 e. The first-order valence-electron chi connectivity index (χ1n) is 8.37. The van der Waals surface area contributed by atoms with Crippen molar-refractivity contribution in [1.29, 1.82) is 0 Å². The van der Waals surface area contributed by atoms with Crippen LogP contribution in [0.4, 0.5) is 18.0 Å². The molecule has 0 radical (unpaired) electrons. The number of nitrogens with zero attached hydrogens (tertiary/aromatic N) is 3. The van der Waals surface area contributed by atoms with Gasteiger partial charge in [0.05, 0.1) is 0 Å². The Kier molecular flexibility index (Phi) is 5.43. The molecule has 0 aliphatic carbocycles. The molecule has 2 fully saturated rings. The summed E-state index contributed by atoms with van der Waals surface area (Å²) in [5.41, 5.74) is 1.08. The Morgan fingerprint density at radius 2 is 1.85 bits per heavy atom. The molecule has 2 saturated heterocycles. The second-order valence-corrected chi connectivity index (χ2v) is 7.08. The Labute approximate surface area is 154 Å².